The van der Waals surface area contributed by atoms with Gasteiger partial charge in [-0.25, -0.2) is 0 Å². The van der Waals surface area contributed by atoms with Crippen molar-refractivity contribution < 1.29 is 14.3 Å². The van der Waals surface area contributed by atoms with E-state index in [2.05, 4.69) is 5.32 Å². The number of benzene rings is 1. The van der Waals surface area contributed by atoms with Crippen molar-refractivity contribution in [2.24, 2.45) is 0 Å². The second-order valence-corrected chi connectivity index (χ2v) is 3.38. The van der Waals surface area contributed by atoms with Crippen molar-refractivity contribution in [1.29, 1.82) is 5.26 Å². The van der Waals surface area contributed by atoms with Crippen LogP contribution in [0.2, 0.25) is 0 Å². The van der Waals surface area contributed by atoms with Crippen molar-refractivity contribution in [2.45, 2.75) is 6.92 Å². The number of aldehydes is 1. The molecular weight excluding hydrogens is 220 g/mol. The van der Waals surface area contributed by atoms with Crippen molar-refractivity contribution in [2.75, 3.05) is 13.2 Å². The SMILES string of the molecule is Cc1ccc(OCC(=O)NCC#N)c(C=O)c1. The Bertz CT molecular complexity index is 463. The Kier molecular flexibility index (Phi) is 4.70. The zero-order valence-electron chi connectivity index (χ0n) is 9.40. The first-order valence-corrected chi connectivity index (χ1v) is 4.99. The standard InChI is InChI=1S/C12H12N2O3/c1-9-2-3-11(10(6-9)7-15)17-8-12(16)14-5-4-13/h2-3,6-7H,5,8H2,1H3,(H,14,16). The monoisotopic (exact) mass is 232 g/mol. The fraction of sp³-hybridized carbons (Fsp3) is 0.250. The van der Waals surface area contributed by atoms with Gasteiger partial charge in [-0.15, -0.1) is 0 Å². The van der Waals surface area contributed by atoms with Gasteiger partial charge in [-0.2, -0.15) is 5.26 Å². The number of nitrogens with one attached hydrogen (secondary N) is 1. The van der Waals surface area contributed by atoms with Crippen molar-refractivity contribution in [3.05, 3.63) is 29.3 Å². The molecule has 88 valence electrons. The van der Waals surface area contributed by atoms with E-state index in [1.165, 1.54) is 0 Å². The minimum atomic E-state index is -0.399. The third-order valence-electron chi connectivity index (χ3n) is 2.02. The first kappa shape index (κ1) is 12.7. The highest BCUT2D eigenvalue weighted by Gasteiger charge is 2.06. The summed E-state index contributed by atoms with van der Waals surface area (Å²) in [5, 5.41) is 10.6. The number of ether oxygens (including phenoxy) is 1. The lowest BCUT2D eigenvalue weighted by Gasteiger charge is -2.08. The van der Waals surface area contributed by atoms with Gasteiger partial charge >= 0.3 is 0 Å². The van der Waals surface area contributed by atoms with Crippen LogP contribution in [0.25, 0.3) is 0 Å². The van der Waals surface area contributed by atoms with E-state index in [9.17, 15) is 9.59 Å². The van der Waals surface area contributed by atoms with Crippen LogP contribution in [0.3, 0.4) is 0 Å². The Morgan fingerprint density at radius 2 is 2.35 bits per heavy atom. The van der Waals surface area contributed by atoms with Crippen LogP contribution in [0.1, 0.15) is 15.9 Å². The predicted octanol–water partition coefficient (Wildman–Crippen LogP) is 0.826. The molecule has 0 radical (unpaired) electrons. The Morgan fingerprint density at radius 3 is 3.00 bits per heavy atom. The number of amides is 1. The van der Waals surface area contributed by atoms with E-state index >= 15 is 0 Å². The zero-order chi connectivity index (χ0) is 12.7. The molecule has 1 aromatic carbocycles. The zero-order valence-corrected chi connectivity index (χ0v) is 9.40. The molecule has 0 fully saturated rings. The molecule has 0 unspecified atom stereocenters. The second kappa shape index (κ2) is 6.28. The number of hydrogen-bond acceptors (Lipinski definition) is 4. The van der Waals surface area contributed by atoms with Crippen LogP contribution in [0.5, 0.6) is 5.75 Å². The Hall–Kier alpha value is -2.35. The molecule has 17 heavy (non-hydrogen) atoms. The number of hydrogen-bond donors (Lipinski definition) is 1. The lowest BCUT2D eigenvalue weighted by molar-refractivity contribution is -0.122. The number of rotatable bonds is 5. The molecule has 0 saturated carbocycles. The van der Waals surface area contributed by atoms with Gasteiger partial charge in [-0.3, -0.25) is 9.59 Å². The van der Waals surface area contributed by atoms with E-state index < -0.39 is 5.91 Å². The van der Waals surface area contributed by atoms with Gasteiger partial charge in [0.15, 0.2) is 12.9 Å². The molecule has 0 atom stereocenters. The van der Waals surface area contributed by atoms with Gasteiger partial charge in [-0.05, 0) is 19.1 Å². The van der Waals surface area contributed by atoms with Gasteiger partial charge in [-0.1, -0.05) is 11.6 Å². The van der Waals surface area contributed by atoms with Gasteiger partial charge in [0.25, 0.3) is 5.91 Å². The van der Waals surface area contributed by atoms with Crippen LogP contribution in [0.15, 0.2) is 18.2 Å². The lowest BCUT2D eigenvalue weighted by Crippen LogP contribution is -2.29. The average molecular weight is 232 g/mol. The molecule has 1 aromatic rings. The first-order valence-electron chi connectivity index (χ1n) is 4.99. The van der Waals surface area contributed by atoms with Crippen LogP contribution in [-0.4, -0.2) is 25.3 Å². The third kappa shape index (κ3) is 3.95. The second-order valence-electron chi connectivity index (χ2n) is 3.38. The Labute approximate surface area is 99.0 Å². The Morgan fingerprint density at radius 1 is 1.59 bits per heavy atom. The smallest absolute Gasteiger partial charge is 0.258 e. The van der Waals surface area contributed by atoms with Gasteiger partial charge in [0.1, 0.15) is 12.3 Å². The van der Waals surface area contributed by atoms with Crippen molar-refractivity contribution in [3.8, 4) is 11.8 Å². The molecule has 0 heterocycles. The maximum absolute atomic E-state index is 11.2. The summed E-state index contributed by atoms with van der Waals surface area (Å²) < 4.78 is 5.19. The summed E-state index contributed by atoms with van der Waals surface area (Å²) in [6.45, 7) is 1.58. The first-order chi connectivity index (χ1) is 8.17. The summed E-state index contributed by atoms with van der Waals surface area (Å²) in [6, 6.07) is 6.88. The normalized spacial score (nSPS) is 9.18. The predicted molar refractivity (Wildman–Crippen MR) is 60.7 cm³/mol. The summed E-state index contributed by atoms with van der Waals surface area (Å²) in [7, 11) is 0. The number of carbonyl (C=O) groups excluding carboxylic acids is 2. The average Bonchev–Trinajstić information content (AvgIpc) is 2.34. The van der Waals surface area contributed by atoms with E-state index in [-0.39, 0.29) is 13.2 Å². The van der Waals surface area contributed by atoms with E-state index in [0.29, 0.717) is 17.6 Å². The van der Waals surface area contributed by atoms with Gasteiger partial charge in [0, 0.05) is 0 Å². The van der Waals surface area contributed by atoms with Gasteiger partial charge in [0.2, 0.25) is 0 Å². The molecule has 0 bridgehead atoms. The molecule has 5 nitrogen and oxygen atoms in total. The minimum Gasteiger partial charge on any atom is -0.483 e. The van der Waals surface area contributed by atoms with E-state index in [4.69, 9.17) is 10.00 Å². The largest absolute Gasteiger partial charge is 0.483 e. The number of carbonyl (C=O) groups is 2. The highest BCUT2D eigenvalue weighted by molar-refractivity contribution is 5.81. The van der Waals surface area contributed by atoms with Crippen LogP contribution in [0.4, 0.5) is 0 Å². The summed E-state index contributed by atoms with van der Waals surface area (Å²) in [6.07, 6.45) is 0.676. The number of nitrogens with zero attached hydrogens (tertiary/aromatic N) is 1. The molecule has 0 aliphatic heterocycles. The highest BCUT2D eigenvalue weighted by atomic mass is 16.5. The molecule has 5 heteroatoms. The topological polar surface area (TPSA) is 79.2 Å². The van der Waals surface area contributed by atoms with Crippen molar-refractivity contribution >= 4 is 12.2 Å². The van der Waals surface area contributed by atoms with Gasteiger partial charge in [0.05, 0.1) is 11.6 Å². The lowest BCUT2D eigenvalue weighted by atomic mass is 10.1. The summed E-state index contributed by atoms with van der Waals surface area (Å²) in [4.78, 5) is 21.9. The van der Waals surface area contributed by atoms with Crippen molar-refractivity contribution in [3.63, 3.8) is 0 Å². The summed E-state index contributed by atoms with van der Waals surface area (Å²) in [5.41, 5.74) is 1.34. The fourth-order valence-corrected chi connectivity index (χ4v) is 1.22. The molecule has 0 aromatic heterocycles. The number of nitriles is 1. The van der Waals surface area contributed by atoms with Crippen LogP contribution < -0.4 is 10.1 Å². The quantitative estimate of drug-likeness (QED) is 0.602. The molecule has 0 aliphatic carbocycles. The third-order valence-corrected chi connectivity index (χ3v) is 2.02. The van der Waals surface area contributed by atoms with Gasteiger partial charge < -0.3 is 10.1 Å². The molecule has 1 N–H and O–H groups in total. The Balaban J connectivity index is 2.60. The molecule has 1 rings (SSSR count). The molecule has 0 aliphatic rings. The molecule has 0 spiro atoms. The minimum absolute atomic E-state index is 0.0589. The molecule has 1 amide bonds. The highest BCUT2D eigenvalue weighted by Crippen LogP contribution is 2.17. The summed E-state index contributed by atoms with van der Waals surface area (Å²) in [5.74, 6) is -0.0401. The van der Waals surface area contributed by atoms with Crippen LogP contribution >= 0.6 is 0 Å². The van der Waals surface area contributed by atoms with Crippen LogP contribution in [0, 0.1) is 18.3 Å². The maximum atomic E-state index is 11.2. The maximum Gasteiger partial charge on any atom is 0.258 e. The number of aryl methyl sites for hydroxylation is 1. The van der Waals surface area contributed by atoms with E-state index in [0.717, 1.165) is 5.56 Å². The van der Waals surface area contributed by atoms with E-state index in [1.807, 2.05) is 6.92 Å². The molecule has 0 saturated heterocycles. The fourth-order valence-electron chi connectivity index (χ4n) is 1.22. The summed E-state index contributed by atoms with van der Waals surface area (Å²) >= 11 is 0. The molecular formula is C12H12N2O3. The van der Waals surface area contributed by atoms with Crippen LogP contribution in [-0.2, 0) is 4.79 Å². The van der Waals surface area contributed by atoms with E-state index in [1.54, 1.807) is 24.3 Å². The van der Waals surface area contributed by atoms with Crippen molar-refractivity contribution in [1.82, 2.24) is 5.32 Å².